The zero-order valence-electron chi connectivity index (χ0n) is 10.4. The summed E-state index contributed by atoms with van der Waals surface area (Å²) in [6.07, 6.45) is 4.17. The van der Waals surface area contributed by atoms with E-state index in [9.17, 15) is 8.42 Å². The van der Waals surface area contributed by atoms with Gasteiger partial charge in [-0.1, -0.05) is 25.0 Å². The number of benzene rings is 1. The second-order valence-electron chi connectivity index (χ2n) is 4.87. The van der Waals surface area contributed by atoms with Crippen molar-refractivity contribution in [2.45, 2.75) is 50.5 Å². The summed E-state index contributed by atoms with van der Waals surface area (Å²) in [5, 5.41) is 0. The minimum Gasteiger partial charge on any atom is -0.208 e. The number of hydrogen-bond acceptors (Lipinski definition) is 2. The fourth-order valence-corrected chi connectivity index (χ4v) is 3.96. The Balaban J connectivity index is 2.27. The van der Waals surface area contributed by atoms with E-state index >= 15 is 0 Å². The molecule has 0 amide bonds. The topological polar surface area (TPSA) is 46.2 Å². The third-order valence-corrected chi connectivity index (χ3v) is 4.97. The number of rotatable bonds is 3. The lowest BCUT2D eigenvalue weighted by atomic mass is 10.2. The molecule has 0 unspecified atom stereocenters. The van der Waals surface area contributed by atoms with Crippen LogP contribution in [0.1, 0.15) is 36.8 Å². The molecule has 0 atom stereocenters. The zero-order chi connectivity index (χ0) is 12.5. The number of nitrogens with one attached hydrogen (secondary N) is 1. The standard InChI is InChI=1S/C13H19NO2S/c1-10-7-8-11(2)13(9-10)17(15,16)14-12-5-3-4-6-12/h7-9,12,14H,3-6H2,1-2H3. The maximum Gasteiger partial charge on any atom is 0.241 e. The summed E-state index contributed by atoms with van der Waals surface area (Å²) in [5.74, 6) is 0. The van der Waals surface area contributed by atoms with E-state index in [4.69, 9.17) is 0 Å². The highest BCUT2D eigenvalue weighted by Gasteiger charge is 2.23. The van der Waals surface area contributed by atoms with Gasteiger partial charge in [0.1, 0.15) is 0 Å². The van der Waals surface area contributed by atoms with Gasteiger partial charge in [-0.2, -0.15) is 0 Å². The van der Waals surface area contributed by atoms with Crippen LogP contribution in [-0.2, 0) is 10.0 Å². The van der Waals surface area contributed by atoms with Crippen LogP contribution in [0.25, 0.3) is 0 Å². The molecular formula is C13H19NO2S. The van der Waals surface area contributed by atoms with Gasteiger partial charge in [0.15, 0.2) is 0 Å². The minimum absolute atomic E-state index is 0.125. The third kappa shape index (κ3) is 2.87. The maximum absolute atomic E-state index is 12.3. The first-order valence-corrected chi connectivity index (χ1v) is 7.57. The van der Waals surface area contributed by atoms with Crippen molar-refractivity contribution in [2.75, 3.05) is 0 Å². The van der Waals surface area contributed by atoms with Gasteiger partial charge >= 0.3 is 0 Å². The molecule has 17 heavy (non-hydrogen) atoms. The molecule has 1 aromatic carbocycles. The molecule has 0 heterocycles. The predicted octanol–water partition coefficient (Wildman–Crippen LogP) is 2.52. The molecule has 0 aromatic heterocycles. The maximum atomic E-state index is 12.3. The van der Waals surface area contributed by atoms with Gasteiger partial charge in [-0.05, 0) is 43.9 Å². The van der Waals surface area contributed by atoms with E-state index in [2.05, 4.69) is 4.72 Å². The highest BCUT2D eigenvalue weighted by atomic mass is 32.2. The summed E-state index contributed by atoms with van der Waals surface area (Å²) in [6.45, 7) is 3.75. The average molecular weight is 253 g/mol. The highest BCUT2D eigenvalue weighted by Crippen LogP contribution is 2.22. The second kappa shape index (κ2) is 4.78. The molecular weight excluding hydrogens is 234 g/mol. The van der Waals surface area contributed by atoms with Crippen LogP contribution in [0, 0.1) is 13.8 Å². The van der Waals surface area contributed by atoms with Crippen molar-refractivity contribution >= 4 is 10.0 Å². The fourth-order valence-electron chi connectivity index (χ4n) is 2.32. The molecule has 94 valence electrons. The van der Waals surface area contributed by atoms with Crippen molar-refractivity contribution in [3.63, 3.8) is 0 Å². The lowest BCUT2D eigenvalue weighted by Gasteiger charge is -2.14. The summed E-state index contributed by atoms with van der Waals surface area (Å²) in [6, 6.07) is 5.66. The Hall–Kier alpha value is -0.870. The molecule has 1 fully saturated rings. The molecule has 1 aliphatic rings. The van der Waals surface area contributed by atoms with Crippen LogP contribution >= 0.6 is 0 Å². The van der Waals surface area contributed by atoms with Gasteiger partial charge in [-0.3, -0.25) is 0 Å². The molecule has 3 nitrogen and oxygen atoms in total. The van der Waals surface area contributed by atoms with Gasteiger partial charge in [0, 0.05) is 6.04 Å². The zero-order valence-corrected chi connectivity index (χ0v) is 11.2. The number of aryl methyl sites for hydroxylation is 2. The largest absolute Gasteiger partial charge is 0.241 e. The average Bonchev–Trinajstić information content (AvgIpc) is 2.73. The van der Waals surface area contributed by atoms with Gasteiger partial charge in [0.2, 0.25) is 10.0 Å². The third-order valence-electron chi connectivity index (χ3n) is 3.31. The second-order valence-corrected chi connectivity index (χ2v) is 6.55. The van der Waals surface area contributed by atoms with Crippen molar-refractivity contribution in [1.29, 1.82) is 0 Å². The van der Waals surface area contributed by atoms with Gasteiger partial charge in [-0.25, -0.2) is 13.1 Å². The summed E-state index contributed by atoms with van der Waals surface area (Å²) in [4.78, 5) is 0.421. The molecule has 1 aromatic rings. The molecule has 0 spiro atoms. The van der Waals surface area contributed by atoms with E-state index in [-0.39, 0.29) is 6.04 Å². The first-order valence-electron chi connectivity index (χ1n) is 6.08. The van der Waals surface area contributed by atoms with E-state index < -0.39 is 10.0 Å². The Labute approximate surface area is 103 Å². The van der Waals surface area contributed by atoms with Crippen molar-refractivity contribution in [3.05, 3.63) is 29.3 Å². The van der Waals surface area contributed by atoms with Crippen molar-refractivity contribution in [1.82, 2.24) is 4.72 Å². The molecule has 0 bridgehead atoms. The normalized spacial score (nSPS) is 17.5. The summed E-state index contributed by atoms with van der Waals surface area (Å²) < 4.78 is 27.3. The van der Waals surface area contributed by atoms with E-state index in [0.717, 1.165) is 36.8 Å². The Morgan fingerprint density at radius 2 is 1.82 bits per heavy atom. The van der Waals surface area contributed by atoms with Crippen LogP contribution in [0.15, 0.2) is 23.1 Å². The van der Waals surface area contributed by atoms with Crippen molar-refractivity contribution < 1.29 is 8.42 Å². The van der Waals surface area contributed by atoms with Crippen LogP contribution in [0.4, 0.5) is 0 Å². The summed E-state index contributed by atoms with van der Waals surface area (Å²) >= 11 is 0. The summed E-state index contributed by atoms with van der Waals surface area (Å²) in [5.41, 5.74) is 1.78. The molecule has 2 rings (SSSR count). The van der Waals surface area contributed by atoms with Crippen LogP contribution < -0.4 is 4.72 Å². The van der Waals surface area contributed by atoms with Gasteiger partial charge in [-0.15, -0.1) is 0 Å². The quantitative estimate of drug-likeness (QED) is 0.899. The molecule has 4 heteroatoms. The van der Waals surface area contributed by atoms with E-state index in [1.165, 1.54) is 0 Å². The molecule has 0 radical (unpaired) electrons. The Kier molecular flexibility index (Phi) is 3.54. The molecule has 1 N–H and O–H groups in total. The lowest BCUT2D eigenvalue weighted by Crippen LogP contribution is -2.33. The SMILES string of the molecule is Cc1ccc(C)c(S(=O)(=O)NC2CCCC2)c1. The Bertz CT molecular complexity index is 502. The molecule has 0 saturated heterocycles. The first-order chi connectivity index (χ1) is 7.99. The molecule has 0 aliphatic heterocycles. The minimum atomic E-state index is -3.35. The highest BCUT2D eigenvalue weighted by molar-refractivity contribution is 7.89. The number of hydrogen-bond donors (Lipinski definition) is 1. The van der Waals surface area contributed by atoms with E-state index in [1.807, 2.05) is 26.0 Å². The van der Waals surface area contributed by atoms with Gasteiger partial charge in [0.05, 0.1) is 4.90 Å². The monoisotopic (exact) mass is 253 g/mol. The van der Waals surface area contributed by atoms with Crippen molar-refractivity contribution in [3.8, 4) is 0 Å². The molecule has 1 aliphatic carbocycles. The van der Waals surface area contributed by atoms with Crippen LogP contribution in [0.2, 0.25) is 0 Å². The van der Waals surface area contributed by atoms with E-state index in [0.29, 0.717) is 4.90 Å². The fraction of sp³-hybridized carbons (Fsp3) is 0.538. The van der Waals surface area contributed by atoms with Gasteiger partial charge < -0.3 is 0 Å². The lowest BCUT2D eigenvalue weighted by molar-refractivity contribution is 0.551. The smallest absolute Gasteiger partial charge is 0.208 e. The van der Waals surface area contributed by atoms with Crippen LogP contribution in [-0.4, -0.2) is 14.5 Å². The Morgan fingerprint density at radius 1 is 1.18 bits per heavy atom. The first kappa shape index (κ1) is 12.6. The van der Waals surface area contributed by atoms with Gasteiger partial charge in [0.25, 0.3) is 0 Å². The van der Waals surface area contributed by atoms with Crippen LogP contribution in [0.3, 0.4) is 0 Å². The predicted molar refractivity (Wildman–Crippen MR) is 68.5 cm³/mol. The summed E-state index contributed by atoms with van der Waals surface area (Å²) in [7, 11) is -3.35. The van der Waals surface area contributed by atoms with Crippen molar-refractivity contribution in [2.24, 2.45) is 0 Å². The molecule has 1 saturated carbocycles. The van der Waals surface area contributed by atoms with E-state index in [1.54, 1.807) is 6.07 Å². The van der Waals surface area contributed by atoms with Crippen LogP contribution in [0.5, 0.6) is 0 Å². The number of sulfonamides is 1. The Morgan fingerprint density at radius 3 is 2.47 bits per heavy atom.